The first-order valence-electron chi connectivity index (χ1n) is 8.86. The van der Waals surface area contributed by atoms with Gasteiger partial charge in [-0.2, -0.15) is 5.26 Å². The van der Waals surface area contributed by atoms with Crippen molar-refractivity contribution in [3.63, 3.8) is 0 Å². The van der Waals surface area contributed by atoms with Crippen LogP contribution < -0.4 is 10.6 Å². The highest BCUT2D eigenvalue weighted by Crippen LogP contribution is 2.07. The van der Waals surface area contributed by atoms with Crippen molar-refractivity contribution in [3.05, 3.63) is 71.8 Å². The van der Waals surface area contributed by atoms with Crippen molar-refractivity contribution in [2.75, 3.05) is 27.2 Å². The first-order chi connectivity index (χ1) is 12.7. The minimum absolute atomic E-state index is 0.267. The SMILES string of the molecule is CN(C)[C@H](CN=C(NC#N)NCCc1ccccc1)Cc1ccccc1. The highest BCUT2D eigenvalue weighted by Gasteiger charge is 2.12. The number of hydrogen-bond acceptors (Lipinski definition) is 3. The molecule has 0 aliphatic rings. The molecule has 0 aromatic heterocycles. The molecular weight excluding hydrogens is 322 g/mol. The molecule has 0 bridgehead atoms. The molecule has 0 saturated heterocycles. The highest BCUT2D eigenvalue weighted by atomic mass is 15.2. The van der Waals surface area contributed by atoms with E-state index in [0.29, 0.717) is 12.5 Å². The number of rotatable bonds is 8. The molecular formula is C21H27N5. The van der Waals surface area contributed by atoms with Crippen molar-refractivity contribution in [2.24, 2.45) is 4.99 Å². The summed E-state index contributed by atoms with van der Waals surface area (Å²) in [5, 5.41) is 14.8. The van der Waals surface area contributed by atoms with Gasteiger partial charge in [-0.1, -0.05) is 60.7 Å². The van der Waals surface area contributed by atoms with Gasteiger partial charge in [0.25, 0.3) is 0 Å². The van der Waals surface area contributed by atoms with Crippen molar-refractivity contribution in [1.82, 2.24) is 15.5 Å². The zero-order chi connectivity index (χ0) is 18.6. The van der Waals surface area contributed by atoms with Crippen LogP contribution in [0.25, 0.3) is 0 Å². The molecule has 0 aliphatic heterocycles. The number of nitrogens with one attached hydrogen (secondary N) is 2. The van der Waals surface area contributed by atoms with E-state index < -0.39 is 0 Å². The maximum Gasteiger partial charge on any atom is 0.204 e. The largest absolute Gasteiger partial charge is 0.355 e. The summed E-state index contributed by atoms with van der Waals surface area (Å²) < 4.78 is 0. The molecule has 0 fully saturated rings. The lowest BCUT2D eigenvalue weighted by molar-refractivity contribution is 0.298. The van der Waals surface area contributed by atoms with Gasteiger partial charge in [0.15, 0.2) is 6.19 Å². The first kappa shape index (κ1) is 19.5. The molecule has 0 spiro atoms. The van der Waals surface area contributed by atoms with Crippen molar-refractivity contribution >= 4 is 5.96 Å². The molecule has 0 unspecified atom stereocenters. The molecule has 136 valence electrons. The Morgan fingerprint density at radius 2 is 1.65 bits per heavy atom. The Morgan fingerprint density at radius 3 is 2.23 bits per heavy atom. The predicted molar refractivity (Wildman–Crippen MR) is 107 cm³/mol. The summed E-state index contributed by atoms with van der Waals surface area (Å²) in [5.41, 5.74) is 2.54. The van der Waals surface area contributed by atoms with Crippen LogP contribution in [-0.4, -0.2) is 44.1 Å². The van der Waals surface area contributed by atoms with E-state index in [-0.39, 0.29) is 6.04 Å². The van der Waals surface area contributed by atoms with Crippen LogP contribution in [0.1, 0.15) is 11.1 Å². The van der Waals surface area contributed by atoms with E-state index in [0.717, 1.165) is 19.4 Å². The molecule has 2 aromatic rings. The van der Waals surface area contributed by atoms with Gasteiger partial charge < -0.3 is 10.2 Å². The molecule has 2 rings (SSSR count). The van der Waals surface area contributed by atoms with Gasteiger partial charge in [0.05, 0.1) is 6.54 Å². The molecule has 0 saturated carbocycles. The third kappa shape index (κ3) is 6.96. The second-order valence-electron chi connectivity index (χ2n) is 6.40. The van der Waals surface area contributed by atoms with Crippen LogP contribution >= 0.6 is 0 Å². The highest BCUT2D eigenvalue weighted by molar-refractivity contribution is 5.81. The van der Waals surface area contributed by atoms with E-state index in [1.807, 2.05) is 30.5 Å². The van der Waals surface area contributed by atoms with Gasteiger partial charge >= 0.3 is 0 Å². The Morgan fingerprint density at radius 1 is 1.04 bits per heavy atom. The maximum atomic E-state index is 8.97. The lowest BCUT2D eigenvalue weighted by Crippen LogP contribution is -2.38. The lowest BCUT2D eigenvalue weighted by atomic mass is 10.1. The molecule has 2 N–H and O–H groups in total. The average molecular weight is 349 g/mol. The number of aliphatic imine (C=N–C) groups is 1. The first-order valence-corrected chi connectivity index (χ1v) is 8.86. The fraction of sp³-hybridized carbons (Fsp3) is 0.333. The third-order valence-electron chi connectivity index (χ3n) is 4.23. The molecule has 0 radical (unpaired) electrons. The van der Waals surface area contributed by atoms with Crippen molar-refractivity contribution in [2.45, 2.75) is 18.9 Å². The van der Waals surface area contributed by atoms with Crippen LogP contribution in [-0.2, 0) is 12.8 Å². The van der Waals surface area contributed by atoms with E-state index in [1.165, 1.54) is 11.1 Å². The van der Waals surface area contributed by atoms with Crippen LogP contribution in [0.2, 0.25) is 0 Å². The summed E-state index contributed by atoms with van der Waals surface area (Å²) in [4.78, 5) is 6.76. The van der Waals surface area contributed by atoms with Gasteiger partial charge in [-0.25, -0.2) is 0 Å². The van der Waals surface area contributed by atoms with Gasteiger partial charge in [0.1, 0.15) is 0 Å². The second-order valence-corrected chi connectivity index (χ2v) is 6.40. The van der Waals surface area contributed by atoms with Gasteiger partial charge in [0.2, 0.25) is 5.96 Å². The van der Waals surface area contributed by atoms with E-state index in [1.54, 1.807) is 0 Å². The zero-order valence-corrected chi connectivity index (χ0v) is 15.5. The summed E-state index contributed by atoms with van der Waals surface area (Å²) in [6, 6.07) is 20.9. The molecule has 0 aliphatic carbocycles. The number of guanidine groups is 1. The van der Waals surface area contributed by atoms with Crippen LogP contribution in [0, 0.1) is 11.5 Å². The summed E-state index contributed by atoms with van der Waals surface area (Å²) >= 11 is 0. The van der Waals surface area contributed by atoms with Crippen molar-refractivity contribution < 1.29 is 0 Å². The Balaban J connectivity index is 1.91. The minimum atomic E-state index is 0.267. The number of hydrogen-bond donors (Lipinski definition) is 2. The molecule has 2 aromatic carbocycles. The van der Waals surface area contributed by atoms with Crippen LogP contribution in [0.4, 0.5) is 0 Å². The number of nitriles is 1. The molecule has 0 heterocycles. The predicted octanol–water partition coefficient (Wildman–Crippen LogP) is 2.42. The molecule has 0 amide bonds. The monoisotopic (exact) mass is 349 g/mol. The topological polar surface area (TPSA) is 63.5 Å². The van der Waals surface area contributed by atoms with Crippen LogP contribution in [0.5, 0.6) is 0 Å². The maximum absolute atomic E-state index is 8.97. The van der Waals surface area contributed by atoms with Gasteiger partial charge in [-0.15, -0.1) is 0 Å². The van der Waals surface area contributed by atoms with Crippen molar-refractivity contribution in [1.29, 1.82) is 5.26 Å². The normalized spacial score (nSPS) is 12.5. The number of benzene rings is 2. The smallest absolute Gasteiger partial charge is 0.204 e. The zero-order valence-electron chi connectivity index (χ0n) is 15.5. The minimum Gasteiger partial charge on any atom is -0.355 e. The summed E-state index contributed by atoms with van der Waals surface area (Å²) in [7, 11) is 4.12. The Bertz CT molecular complexity index is 704. The number of likely N-dealkylation sites (N-methyl/N-ethyl adjacent to an activating group) is 1. The van der Waals surface area contributed by atoms with Gasteiger partial charge in [0, 0.05) is 12.6 Å². The quantitative estimate of drug-likeness (QED) is 0.332. The molecule has 1 atom stereocenters. The lowest BCUT2D eigenvalue weighted by Gasteiger charge is -2.23. The van der Waals surface area contributed by atoms with Gasteiger partial charge in [-0.05, 0) is 38.1 Å². The van der Waals surface area contributed by atoms with Crippen LogP contribution in [0.3, 0.4) is 0 Å². The Kier molecular flexibility index (Phi) is 8.17. The van der Waals surface area contributed by atoms with E-state index in [4.69, 9.17) is 5.26 Å². The average Bonchev–Trinajstić information content (AvgIpc) is 2.66. The molecule has 5 heteroatoms. The summed E-state index contributed by atoms with van der Waals surface area (Å²) in [6.07, 6.45) is 3.76. The fourth-order valence-corrected chi connectivity index (χ4v) is 2.66. The van der Waals surface area contributed by atoms with Crippen LogP contribution in [0.15, 0.2) is 65.7 Å². The summed E-state index contributed by atoms with van der Waals surface area (Å²) in [5.74, 6) is 0.531. The van der Waals surface area contributed by atoms with E-state index >= 15 is 0 Å². The Labute approximate surface area is 156 Å². The van der Waals surface area contributed by atoms with E-state index in [9.17, 15) is 0 Å². The molecule has 26 heavy (non-hydrogen) atoms. The summed E-state index contributed by atoms with van der Waals surface area (Å²) in [6.45, 7) is 1.34. The second kappa shape index (κ2) is 10.9. The fourth-order valence-electron chi connectivity index (χ4n) is 2.66. The van der Waals surface area contributed by atoms with Crippen molar-refractivity contribution in [3.8, 4) is 6.19 Å². The number of nitrogens with zero attached hydrogens (tertiary/aromatic N) is 3. The molecule has 5 nitrogen and oxygen atoms in total. The van der Waals surface area contributed by atoms with E-state index in [2.05, 4.69) is 71.0 Å². The Hall–Kier alpha value is -2.84. The van der Waals surface area contributed by atoms with Gasteiger partial charge in [-0.3, -0.25) is 10.3 Å². The standard InChI is InChI=1S/C21H27N5/c1-26(2)20(15-19-11-7-4-8-12-19)16-24-21(25-17-22)23-14-13-18-9-5-3-6-10-18/h3-12,20H,13-16H2,1-2H3,(H2,23,24,25)/t20-/m0/s1. The third-order valence-corrected chi connectivity index (χ3v) is 4.23.